The first kappa shape index (κ1) is 21.7. The molecule has 150 valence electrons. The average molecular weight is 414 g/mol. The van der Waals surface area contributed by atoms with Gasteiger partial charge < -0.3 is 10.6 Å². The van der Waals surface area contributed by atoms with Crippen molar-refractivity contribution >= 4 is 34.8 Å². The predicted molar refractivity (Wildman–Crippen MR) is 102 cm³/mol. The number of likely N-dealkylation sites (N-methyl/N-ethyl adjacent to an activating group) is 1. The van der Waals surface area contributed by atoms with Gasteiger partial charge in [-0.15, -0.1) is 0 Å². The first-order valence-electron chi connectivity index (χ1n) is 8.30. The van der Waals surface area contributed by atoms with Gasteiger partial charge in [0.05, 0.1) is 18.2 Å². The van der Waals surface area contributed by atoms with Crippen LogP contribution in [0.25, 0.3) is 0 Å². The Hall–Kier alpha value is -2.58. The van der Waals surface area contributed by atoms with Gasteiger partial charge in [0.25, 0.3) is 0 Å². The molecular weight excluding hydrogens is 395 g/mol. The van der Waals surface area contributed by atoms with E-state index in [4.69, 9.17) is 11.6 Å². The molecule has 0 saturated heterocycles. The molecular formula is C19H19ClF3N3O2. The largest absolute Gasteiger partial charge is 0.416 e. The quantitative estimate of drug-likeness (QED) is 0.744. The van der Waals surface area contributed by atoms with Crippen molar-refractivity contribution in [2.75, 3.05) is 24.2 Å². The van der Waals surface area contributed by atoms with Crippen LogP contribution in [-0.2, 0) is 15.8 Å². The third-order valence-electron chi connectivity index (χ3n) is 4.04. The molecule has 0 aliphatic heterocycles. The lowest BCUT2D eigenvalue weighted by atomic mass is 10.2. The number of nitrogens with zero attached hydrogens (tertiary/aromatic N) is 1. The summed E-state index contributed by atoms with van der Waals surface area (Å²) in [6.07, 6.45) is -4.44. The van der Waals surface area contributed by atoms with E-state index in [0.29, 0.717) is 10.7 Å². The van der Waals surface area contributed by atoms with Crippen LogP contribution in [0.15, 0.2) is 48.5 Å². The molecule has 0 unspecified atom stereocenters. The summed E-state index contributed by atoms with van der Waals surface area (Å²) >= 11 is 5.79. The first-order chi connectivity index (χ1) is 13.1. The number of alkyl halides is 3. The van der Waals surface area contributed by atoms with Crippen LogP contribution in [0, 0.1) is 0 Å². The first-order valence-corrected chi connectivity index (χ1v) is 8.68. The molecule has 0 aromatic heterocycles. The molecule has 2 N–H and O–H groups in total. The second-order valence-corrected chi connectivity index (χ2v) is 6.65. The van der Waals surface area contributed by atoms with Crippen LogP contribution in [0.4, 0.5) is 24.5 Å². The maximum Gasteiger partial charge on any atom is 0.416 e. The molecule has 0 radical (unpaired) electrons. The molecule has 0 aliphatic carbocycles. The van der Waals surface area contributed by atoms with E-state index in [-0.39, 0.29) is 18.1 Å². The molecule has 5 nitrogen and oxygen atoms in total. The molecule has 2 rings (SSSR count). The maximum atomic E-state index is 12.6. The van der Waals surface area contributed by atoms with Crippen LogP contribution in [0.3, 0.4) is 0 Å². The Morgan fingerprint density at radius 1 is 1.00 bits per heavy atom. The number of nitrogens with one attached hydrogen (secondary N) is 2. The van der Waals surface area contributed by atoms with Gasteiger partial charge in [-0.05, 0) is 62.5 Å². The fourth-order valence-electron chi connectivity index (χ4n) is 2.29. The number of amides is 2. The van der Waals surface area contributed by atoms with E-state index in [1.54, 1.807) is 38.2 Å². The smallest absolute Gasteiger partial charge is 0.325 e. The number of carbonyl (C=O) groups excluding carboxylic acids is 2. The Kier molecular flexibility index (Phi) is 7.04. The number of anilines is 2. The van der Waals surface area contributed by atoms with Crippen LogP contribution in [0.1, 0.15) is 12.5 Å². The van der Waals surface area contributed by atoms with E-state index < -0.39 is 23.7 Å². The number of halogens is 4. The monoisotopic (exact) mass is 413 g/mol. The molecule has 0 aliphatic rings. The zero-order valence-electron chi connectivity index (χ0n) is 15.2. The third-order valence-corrected chi connectivity index (χ3v) is 4.29. The van der Waals surface area contributed by atoms with Gasteiger partial charge in [0, 0.05) is 16.4 Å². The van der Waals surface area contributed by atoms with Crippen LogP contribution < -0.4 is 10.6 Å². The van der Waals surface area contributed by atoms with Gasteiger partial charge >= 0.3 is 6.18 Å². The summed E-state index contributed by atoms with van der Waals surface area (Å²) in [7, 11) is 1.60. The third kappa shape index (κ3) is 6.24. The second-order valence-electron chi connectivity index (χ2n) is 6.21. The molecule has 0 spiro atoms. The fourth-order valence-corrected chi connectivity index (χ4v) is 2.41. The van der Waals surface area contributed by atoms with Crippen molar-refractivity contribution in [2.45, 2.75) is 19.1 Å². The Bertz CT molecular complexity index is 824. The lowest BCUT2D eigenvalue weighted by Crippen LogP contribution is -2.43. The number of benzene rings is 2. The Morgan fingerprint density at radius 2 is 1.50 bits per heavy atom. The van der Waals surface area contributed by atoms with Crippen molar-refractivity contribution in [1.29, 1.82) is 0 Å². The van der Waals surface area contributed by atoms with Crippen molar-refractivity contribution in [2.24, 2.45) is 0 Å². The SMILES string of the molecule is C[C@@H](C(=O)Nc1ccc(C(F)(F)F)cc1)N(C)CC(=O)Nc1ccc(Cl)cc1. The minimum absolute atomic E-state index is 0.0514. The molecule has 2 aromatic rings. The number of hydrogen-bond donors (Lipinski definition) is 2. The van der Waals surface area contributed by atoms with E-state index in [0.717, 1.165) is 12.1 Å². The molecule has 1 atom stereocenters. The van der Waals surface area contributed by atoms with Gasteiger partial charge in [-0.2, -0.15) is 13.2 Å². The maximum absolute atomic E-state index is 12.6. The van der Waals surface area contributed by atoms with Crippen LogP contribution >= 0.6 is 11.6 Å². The van der Waals surface area contributed by atoms with Crippen molar-refractivity contribution in [3.8, 4) is 0 Å². The van der Waals surface area contributed by atoms with Gasteiger partial charge in [-0.1, -0.05) is 11.6 Å². The van der Waals surface area contributed by atoms with Crippen molar-refractivity contribution < 1.29 is 22.8 Å². The topological polar surface area (TPSA) is 61.4 Å². The van der Waals surface area contributed by atoms with Crippen molar-refractivity contribution in [1.82, 2.24) is 4.90 Å². The predicted octanol–water partition coefficient (Wildman–Crippen LogP) is 4.26. The summed E-state index contributed by atoms with van der Waals surface area (Å²) in [4.78, 5) is 25.9. The summed E-state index contributed by atoms with van der Waals surface area (Å²) in [6.45, 7) is 1.54. The lowest BCUT2D eigenvalue weighted by molar-refractivity contribution is -0.137. The van der Waals surface area contributed by atoms with Gasteiger partial charge in [-0.3, -0.25) is 14.5 Å². The van der Waals surface area contributed by atoms with Gasteiger partial charge in [0.2, 0.25) is 11.8 Å². The summed E-state index contributed by atoms with van der Waals surface area (Å²) in [5, 5.41) is 5.77. The summed E-state index contributed by atoms with van der Waals surface area (Å²) in [5.74, 6) is -0.763. The Morgan fingerprint density at radius 3 is 2.04 bits per heavy atom. The van der Waals surface area contributed by atoms with E-state index in [1.807, 2.05) is 0 Å². The zero-order chi connectivity index (χ0) is 20.9. The van der Waals surface area contributed by atoms with Crippen LogP contribution in [0.5, 0.6) is 0 Å². The normalized spacial score (nSPS) is 12.5. The van der Waals surface area contributed by atoms with Gasteiger partial charge in [0.1, 0.15) is 0 Å². The molecule has 2 amide bonds. The highest BCUT2D eigenvalue weighted by Gasteiger charge is 2.30. The molecule has 0 bridgehead atoms. The van der Waals surface area contributed by atoms with Crippen molar-refractivity contribution in [3.63, 3.8) is 0 Å². The molecule has 28 heavy (non-hydrogen) atoms. The number of rotatable bonds is 6. The zero-order valence-corrected chi connectivity index (χ0v) is 15.9. The standard InChI is InChI=1S/C19H19ClF3N3O2/c1-12(18(28)25-16-7-3-13(4-8-16)19(21,22)23)26(2)11-17(27)24-15-9-5-14(20)6-10-15/h3-10,12H,11H2,1-2H3,(H,24,27)(H,25,28)/t12-/m0/s1. The minimum atomic E-state index is -4.44. The molecule has 0 saturated carbocycles. The Balaban J connectivity index is 1.89. The molecule has 0 heterocycles. The highest BCUT2D eigenvalue weighted by molar-refractivity contribution is 6.30. The number of hydrogen-bond acceptors (Lipinski definition) is 3. The Labute approximate surface area is 165 Å². The minimum Gasteiger partial charge on any atom is -0.325 e. The second kappa shape index (κ2) is 9.07. The highest BCUT2D eigenvalue weighted by Crippen LogP contribution is 2.29. The van der Waals surface area contributed by atoms with Gasteiger partial charge in [0.15, 0.2) is 0 Å². The van der Waals surface area contributed by atoms with Crippen LogP contribution in [-0.4, -0.2) is 36.3 Å². The van der Waals surface area contributed by atoms with E-state index in [9.17, 15) is 22.8 Å². The average Bonchev–Trinajstić information content (AvgIpc) is 2.62. The summed E-state index contributed by atoms with van der Waals surface area (Å²) in [5.41, 5.74) is 0.0167. The molecule has 2 aromatic carbocycles. The van der Waals surface area contributed by atoms with Gasteiger partial charge in [-0.25, -0.2) is 0 Å². The fraction of sp³-hybridized carbons (Fsp3) is 0.263. The summed E-state index contributed by atoms with van der Waals surface area (Å²) < 4.78 is 37.7. The summed E-state index contributed by atoms with van der Waals surface area (Å²) in [6, 6.07) is 10.1. The van der Waals surface area contributed by atoms with Crippen molar-refractivity contribution in [3.05, 3.63) is 59.1 Å². The number of carbonyl (C=O) groups is 2. The highest BCUT2D eigenvalue weighted by atomic mass is 35.5. The van der Waals surface area contributed by atoms with E-state index >= 15 is 0 Å². The van der Waals surface area contributed by atoms with E-state index in [2.05, 4.69) is 10.6 Å². The lowest BCUT2D eigenvalue weighted by Gasteiger charge is -2.23. The van der Waals surface area contributed by atoms with E-state index in [1.165, 1.54) is 17.0 Å². The molecule has 9 heteroatoms. The molecule has 0 fully saturated rings. The van der Waals surface area contributed by atoms with Crippen LogP contribution in [0.2, 0.25) is 5.02 Å².